The minimum atomic E-state index is -0.401. The monoisotopic (exact) mass is 398 g/mol. The topological polar surface area (TPSA) is 77.1 Å². The SMILES string of the molecule is Cn1c(=O)c2c(nc(N3CCC4CNCC43)n2Cc2ccc(F)cc2)n(C)c1=O. The number of hydrogen-bond acceptors (Lipinski definition) is 5. The van der Waals surface area contributed by atoms with E-state index in [-0.39, 0.29) is 11.4 Å². The molecule has 4 heterocycles. The molecule has 8 nitrogen and oxygen atoms in total. The van der Waals surface area contributed by atoms with Crippen molar-refractivity contribution in [2.45, 2.75) is 19.0 Å². The fourth-order valence-corrected chi connectivity index (χ4v) is 4.67. The molecule has 0 saturated carbocycles. The van der Waals surface area contributed by atoms with Crippen LogP contribution >= 0.6 is 0 Å². The zero-order valence-corrected chi connectivity index (χ0v) is 16.4. The van der Waals surface area contributed by atoms with Gasteiger partial charge < -0.3 is 10.2 Å². The number of aryl methyl sites for hydroxylation is 1. The van der Waals surface area contributed by atoms with Crippen molar-refractivity contribution < 1.29 is 4.39 Å². The minimum Gasteiger partial charge on any atom is -0.338 e. The highest BCUT2D eigenvalue weighted by molar-refractivity contribution is 5.75. The maximum atomic E-state index is 13.4. The summed E-state index contributed by atoms with van der Waals surface area (Å²) in [6.07, 6.45) is 1.06. The van der Waals surface area contributed by atoms with Crippen LogP contribution in [0.25, 0.3) is 11.2 Å². The van der Waals surface area contributed by atoms with E-state index in [1.165, 1.54) is 23.7 Å². The predicted molar refractivity (Wildman–Crippen MR) is 108 cm³/mol. The molecule has 0 amide bonds. The zero-order valence-electron chi connectivity index (χ0n) is 16.4. The van der Waals surface area contributed by atoms with Crippen molar-refractivity contribution in [3.8, 4) is 0 Å². The molecule has 5 rings (SSSR count). The first kappa shape index (κ1) is 18.1. The van der Waals surface area contributed by atoms with Gasteiger partial charge in [-0.3, -0.25) is 18.5 Å². The molecule has 2 atom stereocenters. The number of halogens is 1. The van der Waals surface area contributed by atoms with E-state index in [0.717, 1.165) is 36.2 Å². The number of nitrogens with one attached hydrogen (secondary N) is 1. The van der Waals surface area contributed by atoms with Crippen LogP contribution in [0.5, 0.6) is 0 Å². The summed E-state index contributed by atoms with van der Waals surface area (Å²) in [5.41, 5.74) is 0.864. The smallest absolute Gasteiger partial charge is 0.332 e. The second-order valence-corrected chi connectivity index (χ2v) is 7.97. The van der Waals surface area contributed by atoms with E-state index >= 15 is 0 Å². The van der Waals surface area contributed by atoms with Crippen molar-refractivity contribution in [2.75, 3.05) is 24.5 Å². The van der Waals surface area contributed by atoms with Crippen LogP contribution in [0.2, 0.25) is 0 Å². The summed E-state index contributed by atoms with van der Waals surface area (Å²) in [5.74, 6) is 0.946. The lowest BCUT2D eigenvalue weighted by atomic mass is 10.1. The van der Waals surface area contributed by atoms with E-state index in [0.29, 0.717) is 35.6 Å². The van der Waals surface area contributed by atoms with Crippen molar-refractivity contribution in [3.63, 3.8) is 0 Å². The molecule has 29 heavy (non-hydrogen) atoms. The second kappa shape index (κ2) is 6.55. The molecular weight excluding hydrogens is 375 g/mol. The largest absolute Gasteiger partial charge is 0.338 e. The fourth-order valence-electron chi connectivity index (χ4n) is 4.67. The van der Waals surface area contributed by atoms with Gasteiger partial charge in [0.1, 0.15) is 5.82 Å². The van der Waals surface area contributed by atoms with Crippen LogP contribution in [-0.2, 0) is 20.6 Å². The molecule has 3 aromatic rings. The van der Waals surface area contributed by atoms with Crippen molar-refractivity contribution in [1.82, 2.24) is 24.0 Å². The molecule has 1 N–H and O–H groups in total. The van der Waals surface area contributed by atoms with Crippen LogP contribution in [0.15, 0.2) is 33.9 Å². The van der Waals surface area contributed by atoms with Crippen LogP contribution in [-0.4, -0.2) is 44.4 Å². The summed E-state index contributed by atoms with van der Waals surface area (Å²) in [4.78, 5) is 32.5. The number of rotatable bonds is 3. The molecule has 2 unspecified atom stereocenters. The van der Waals surface area contributed by atoms with Crippen molar-refractivity contribution >= 4 is 17.1 Å². The summed E-state index contributed by atoms with van der Waals surface area (Å²) in [6, 6.07) is 6.56. The number of fused-ring (bicyclic) bond motifs is 2. The molecule has 152 valence electrons. The van der Waals surface area contributed by atoms with Gasteiger partial charge in [0.25, 0.3) is 5.56 Å². The van der Waals surface area contributed by atoms with E-state index in [1.54, 1.807) is 19.2 Å². The molecule has 1 aromatic carbocycles. The van der Waals surface area contributed by atoms with Crippen LogP contribution in [0.4, 0.5) is 10.3 Å². The van der Waals surface area contributed by atoms with Gasteiger partial charge >= 0.3 is 5.69 Å². The summed E-state index contributed by atoms with van der Waals surface area (Å²) < 4.78 is 17.8. The number of hydrogen-bond donors (Lipinski definition) is 1. The van der Waals surface area contributed by atoms with Gasteiger partial charge in [0.05, 0.1) is 6.54 Å². The van der Waals surface area contributed by atoms with Gasteiger partial charge in [0.2, 0.25) is 5.95 Å². The first-order valence-corrected chi connectivity index (χ1v) is 9.83. The van der Waals surface area contributed by atoms with E-state index in [2.05, 4.69) is 10.2 Å². The van der Waals surface area contributed by atoms with Gasteiger partial charge in [-0.2, -0.15) is 4.98 Å². The minimum absolute atomic E-state index is 0.304. The van der Waals surface area contributed by atoms with Crippen molar-refractivity contribution in [1.29, 1.82) is 0 Å². The van der Waals surface area contributed by atoms with Crippen molar-refractivity contribution in [3.05, 3.63) is 56.5 Å². The van der Waals surface area contributed by atoms with Gasteiger partial charge in [0, 0.05) is 39.8 Å². The molecule has 2 aliphatic heterocycles. The first-order chi connectivity index (χ1) is 14.0. The van der Waals surface area contributed by atoms with Crippen LogP contribution in [0.3, 0.4) is 0 Å². The molecule has 9 heteroatoms. The van der Waals surface area contributed by atoms with Crippen LogP contribution < -0.4 is 21.5 Å². The van der Waals surface area contributed by atoms with E-state index < -0.39 is 5.69 Å². The van der Waals surface area contributed by atoms with E-state index in [1.807, 2.05) is 4.57 Å². The standard InChI is InChI=1S/C20H23FN6O2/c1-24-17-16(18(28)25(2)20(24)29)27(11-12-3-5-14(21)6-4-12)19(23-17)26-8-7-13-9-22-10-15(13)26/h3-6,13,15,22H,7-11H2,1-2H3. The molecule has 0 bridgehead atoms. The number of nitrogens with zero attached hydrogens (tertiary/aromatic N) is 5. The van der Waals surface area contributed by atoms with E-state index in [9.17, 15) is 14.0 Å². The van der Waals surface area contributed by atoms with Crippen molar-refractivity contribution in [2.24, 2.45) is 20.0 Å². The first-order valence-electron chi connectivity index (χ1n) is 9.83. The van der Waals surface area contributed by atoms with Crippen LogP contribution in [0.1, 0.15) is 12.0 Å². The van der Waals surface area contributed by atoms with Crippen LogP contribution in [0, 0.1) is 11.7 Å². The van der Waals surface area contributed by atoms with Gasteiger partial charge in [-0.1, -0.05) is 12.1 Å². The second-order valence-electron chi connectivity index (χ2n) is 7.97. The Labute approximate surface area is 166 Å². The Morgan fingerprint density at radius 3 is 2.66 bits per heavy atom. The van der Waals surface area contributed by atoms with Gasteiger partial charge in [-0.25, -0.2) is 9.18 Å². The Kier molecular flexibility index (Phi) is 4.09. The quantitative estimate of drug-likeness (QED) is 0.692. The predicted octanol–water partition coefficient (Wildman–Crippen LogP) is 0.419. The molecule has 2 aliphatic rings. The Hall–Kier alpha value is -2.94. The molecular formula is C20H23FN6O2. The Balaban J connectivity index is 1.74. The molecule has 0 radical (unpaired) electrons. The number of aromatic nitrogens is 4. The Bertz CT molecular complexity index is 1210. The van der Waals surface area contributed by atoms with E-state index in [4.69, 9.17) is 4.98 Å². The third-order valence-electron chi connectivity index (χ3n) is 6.28. The van der Waals surface area contributed by atoms with Gasteiger partial charge in [-0.15, -0.1) is 0 Å². The lowest BCUT2D eigenvalue weighted by molar-refractivity contribution is 0.572. The Morgan fingerprint density at radius 1 is 1.14 bits per heavy atom. The third-order valence-corrected chi connectivity index (χ3v) is 6.28. The van der Waals surface area contributed by atoms with Gasteiger partial charge in [-0.05, 0) is 30.0 Å². The summed E-state index contributed by atoms with van der Waals surface area (Å²) >= 11 is 0. The summed E-state index contributed by atoms with van der Waals surface area (Å²) in [7, 11) is 3.11. The summed E-state index contributed by atoms with van der Waals surface area (Å²) in [5, 5.41) is 3.43. The highest BCUT2D eigenvalue weighted by Gasteiger charge is 2.40. The molecule has 2 fully saturated rings. The zero-order chi connectivity index (χ0) is 20.3. The third kappa shape index (κ3) is 2.71. The molecule has 0 spiro atoms. The molecule has 0 aliphatic carbocycles. The fraction of sp³-hybridized carbons (Fsp3) is 0.450. The van der Waals surface area contributed by atoms with Gasteiger partial charge in [0.15, 0.2) is 11.2 Å². The lowest BCUT2D eigenvalue weighted by Gasteiger charge is -2.25. The number of anilines is 1. The molecule has 2 saturated heterocycles. The number of imidazole rings is 1. The highest BCUT2D eigenvalue weighted by atomic mass is 19.1. The maximum absolute atomic E-state index is 13.4. The normalized spacial score (nSPS) is 21.3. The highest BCUT2D eigenvalue weighted by Crippen LogP contribution is 2.33. The average Bonchev–Trinajstić information content (AvgIpc) is 3.41. The Morgan fingerprint density at radius 2 is 1.90 bits per heavy atom. The lowest BCUT2D eigenvalue weighted by Crippen LogP contribution is -2.38. The summed E-state index contributed by atoms with van der Waals surface area (Å²) in [6.45, 7) is 3.10. The average molecular weight is 398 g/mol. The number of benzene rings is 1. The molecule has 2 aromatic heterocycles. The maximum Gasteiger partial charge on any atom is 0.332 e.